The maximum Gasteiger partial charge on any atom is 0.214 e. The van der Waals surface area contributed by atoms with Gasteiger partial charge in [0, 0.05) is 6.42 Å². The summed E-state index contributed by atoms with van der Waals surface area (Å²) in [4.78, 5) is 2.86. The van der Waals surface area contributed by atoms with Gasteiger partial charge in [0.15, 0.2) is 0 Å². The molecule has 0 rings (SSSR count). The van der Waals surface area contributed by atoms with Crippen LogP contribution in [-0.4, -0.2) is 6.54 Å². The Morgan fingerprint density at radius 1 is 1.40 bits per heavy atom. The molecule has 0 spiro atoms. The van der Waals surface area contributed by atoms with Crippen LogP contribution in [0.1, 0.15) is 25.7 Å². The third-order valence-corrected chi connectivity index (χ3v) is 1.12. The molecule has 0 fully saturated rings. The van der Waals surface area contributed by atoms with Crippen LogP contribution in [0.3, 0.4) is 0 Å². The number of rotatable bonds is 5. The lowest BCUT2D eigenvalue weighted by atomic mass is 10.2. The van der Waals surface area contributed by atoms with Gasteiger partial charge >= 0.3 is 0 Å². The van der Waals surface area contributed by atoms with Crippen molar-refractivity contribution >= 4 is 0 Å². The Hall–Kier alpha value is -1.20. The van der Waals surface area contributed by atoms with Crippen molar-refractivity contribution in [3.05, 3.63) is 0 Å². The number of nitriles is 1. The van der Waals surface area contributed by atoms with E-state index in [1.165, 1.54) is 0 Å². The van der Waals surface area contributed by atoms with Crippen molar-refractivity contribution in [2.75, 3.05) is 6.54 Å². The molecule has 0 unspecified atom stereocenters. The zero-order valence-corrected chi connectivity index (χ0v) is 5.88. The highest BCUT2D eigenvalue weighted by atomic mass is 15.1. The third kappa shape index (κ3) is 6.80. The molecule has 0 aromatic carbocycles. The highest BCUT2D eigenvalue weighted by Crippen LogP contribution is 1.97. The molecule has 0 atom stereocenters. The first kappa shape index (κ1) is 8.80. The van der Waals surface area contributed by atoms with Gasteiger partial charge in [0.05, 0.1) is 6.07 Å². The molecule has 10 heavy (non-hydrogen) atoms. The molecule has 0 saturated carbocycles. The zero-order chi connectivity index (χ0) is 7.66. The Kier molecular flexibility index (Phi) is 6.86. The fourth-order valence-corrected chi connectivity index (χ4v) is 0.613. The summed E-state index contributed by atoms with van der Waals surface area (Å²) < 4.78 is 0. The normalized spacial score (nSPS) is 7.90. The minimum absolute atomic E-state index is 0.620. The molecule has 4 heteroatoms. The standard InChI is InChI=1S/C6H11N4/c7-5-3-1-2-4-6-9-10-8/h8H,1-4,6H2/q+1. The van der Waals surface area contributed by atoms with Crippen molar-refractivity contribution in [3.8, 4) is 6.07 Å². The van der Waals surface area contributed by atoms with E-state index in [4.69, 9.17) is 10.8 Å². The van der Waals surface area contributed by atoms with Gasteiger partial charge < -0.3 is 0 Å². The summed E-state index contributed by atoms with van der Waals surface area (Å²) in [7, 11) is 0. The van der Waals surface area contributed by atoms with Crippen molar-refractivity contribution in [1.29, 1.82) is 10.8 Å². The van der Waals surface area contributed by atoms with E-state index in [1.54, 1.807) is 0 Å². The van der Waals surface area contributed by atoms with Crippen LogP contribution in [0.5, 0.6) is 0 Å². The van der Waals surface area contributed by atoms with Crippen LogP contribution in [0.4, 0.5) is 0 Å². The van der Waals surface area contributed by atoms with Crippen molar-refractivity contribution < 1.29 is 0 Å². The summed E-state index contributed by atoms with van der Waals surface area (Å²) in [5, 5.41) is 11.6. The van der Waals surface area contributed by atoms with Gasteiger partial charge in [-0.2, -0.15) is 5.26 Å². The fraction of sp³-hybridized carbons (Fsp3) is 0.833. The molecule has 0 heterocycles. The Labute approximate surface area is 60.1 Å². The summed E-state index contributed by atoms with van der Waals surface area (Å²) >= 11 is 0. The smallest absolute Gasteiger partial charge is 0.198 e. The maximum atomic E-state index is 8.15. The zero-order valence-electron chi connectivity index (χ0n) is 5.88. The minimum atomic E-state index is 0.620. The van der Waals surface area contributed by atoms with Gasteiger partial charge in [-0.3, -0.25) is 0 Å². The highest BCUT2D eigenvalue weighted by Gasteiger charge is 1.89. The quantitative estimate of drug-likeness (QED) is 0.351. The SMILES string of the molecule is N#CCCCCCN=[N+]=N. The molecule has 4 nitrogen and oxygen atoms in total. The van der Waals surface area contributed by atoms with Crippen LogP contribution >= 0.6 is 0 Å². The molecule has 0 bridgehead atoms. The van der Waals surface area contributed by atoms with Crippen LogP contribution < -0.4 is 4.91 Å². The summed E-state index contributed by atoms with van der Waals surface area (Å²) in [6, 6.07) is 2.07. The van der Waals surface area contributed by atoms with Crippen molar-refractivity contribution in [1.82, 2.24) is 4.91 Å². The topological polar surface area (TPSA) is 74.1 Å². The summed E-state index contributed by atoms with van der Waals surface area (Å²) in [5.74, 6) is 0. The second-order valence-corrected chi connectivity index (χ2v) is 1.93. The average Bonchev–Trinajstić information content (AvgIpc) is 1.97. The molecule has 0 aliphatic heterocycles. The third-order valence-electron chi connectivity index (χ3n) is 1.12. The first-order chi connectivity index (χ1) is 4.91. The lowest BCUT2D eigenvalue weighted by molar-refractivity contribution is 0.677. The summed E-state index contributed by atoms with van der Waals surface area (Å²) in [6.07, 6.45) is 3.50. The molecule has 0 aliphatic rings. The molecule has 0 aromatic heterocycles. The van der Waals surface area contributed by atoms with Crippen molar-refractivity contribution in [2.45, 2.75) is 25.7 Å². The molecule has 0 radical (unpaired) electrons. The summed E-state index contributed by atoms with van der Waals surface area (Å²) in [6.45, 7) is 0.620. The highest BCUT2D eigenvalue weighted by molar-refractivity contribution is 4.67. The first-order valence-electron chi connectivity index (χ1n) is 3.32. The Bertz CT molecular complexity index is 152. The number of unbranched alkanes of at least 4 members (excludes halogenated alkanes) is 3. The van der Waals surface area contributed by atoms with Gasteiger partial charge in [-0.05, 0) is 12.8 Å². The molecule has 0 aliphatic carbocycles. The molecule has 0 aromatic rings. The number of hydrogen-bond acceptors (Lipinski definition) is 3. The predicted octanol–water partition coefficient (Wildman–Crippen LogP) is 1.62. The molecular weight excluding hydrogens is 128 g/mol. The monoisotopic (exact) mass is 139 g/mol. The van der Waals surface area contributed by atoms with E-state index in [9.17, 15) is 0 Å². The first-order valence-corrected chi connectivity index (χ1v) is 3.32. The largest absolute Gasteiger partial charge is 0.214 e. The Morgan fingerprint density at radius 2 is 2.20 bits per heavy atom. The average molecular weight is 139 g/mol. The van der Waals surface area contributed by atoms with Crippen molar-refractivity contribution in [3.63, 3.8) is 0 Å². The van der Waals surface area contributed by atoms with Crippen LogP contribution in [0.25, 0.3) is 0 Å². The van der Waals surface area contributed by atoms with Gasteiger partial charge in [0.1, 0.15) is 17.2 Å². The van der Waals surface area contributed by atoms with Gasteiger partial charge in [0.2, 0.25) is 4.91 Å². The van der Waals surface area contributed by atoms with Gasteiger partial charge in [0.25, 0.3) is 0 Å². The van der Waals surface area contributed by atoms with Gasteiger partial charge in [-0.15, -0.1) is 0 Å². The second kappa shape index (κ2) is 7.80. The number of nitrogens with zero attached hydrogens (tertiary/aromatic N) is 3. The van der Waals surface area contributed by atoms with E-state index in [-0.39, 0.29) is 0 Å². The second-order valence-electron chi connectivity index (χ2n) is 1.93. The van der Waals surface area contributed by atoms with Crippen LogP contribution in [0.2, 0.25) is 0 Å². The summed E-state index contributed by atoms with van der Waals surface area (Å²) in [5.41, 5.74) is 6.33. The van der Waals surface area contributed by atoms with Crippen LogP contribution in [0, 0.1) is 16.9 Å². The lowest BCUT2D eigenvalue weighted by Crippen LogP contribution is -1.81. The molecule has 54 valence electrons. The fourth-order valence-electron chi connectivity index (χ4n) is 0.613. The minimum Gasteiger partial charge on any atom is -0.198 e. The van der Waals surface area contributed by atoms with Crippen LogP contribution in [-0.2, 0) is 0 Å². The van der Waals surface area contributed by atoms with E-state index in [0.717, 1.165) is 19.3 Å². The Balaban J connectivity index is 2.92. The Morgan fingerprint density at radius 3 is 2.80 bits per heavy atom. The molecule has 0 amide bonds. The van der Waals surface area contributed by atoms with E-state index in [1.807, 2.05) is 0 Å². The number of hydrogen-bond donors (Lipinski definition) is 1. The predicted molar refractivity (Wildman–Crippen MR) is 36.2 cm³/mol. The van der Waals surface area contributed by atoms with E-state index in [0.29, 0.717) is 13.0 Å². The maximum absolute atomic E-state index is 8.15. The van der Waals surface area contributed by atoms with Gasteiger partial charge in [-0.25, -0.2) is 0 Å². The van der Waals surface area contributed by atoms with Crippen LogP contribution in [0.15, 0.2) is 5.11 Å². The van der Waals surface area contributed by atoms with E-state index in [2.05, 4.69) is 16.1 Å². The molecule has 1 N–H and O–H groups in total. The van der Waals surface area contributed by atoms with E-state index >= 15 is 0 Å². The van der Waals surface area contributed by atoms with Gasteiger partial charge in [-0.1, -0.05) is 6.42 Å². The molecular formula is C6H11N4+. The van der Waals surface area contributed by atoms with E-state index < -0.39 is 0 Å². The van der Waals surface area contributed by atoms with Crippen molar-refractivity contribution in [2.24, 2.45) is 5.11 Å². The number of nitrogens with one attached hydrogen (secondary N) is 1. The lowest BCUT2D eigenvalue weighted by Gasteiger charge is -1.87. The molecule has 0 saturated heterocycles.